The molecule has 0 aliphatic heterocycles. The molecule has 7 nitrogen and oxygen atoms in total. The van der Waals surface area contributed by atoms with E-state index in [4.69, 9.17) is 10.5 Å². The number of anilines is 2. The average molecular weight is 329 g/mol. The largest absolute Gasteiger partial charge is 0.383 e. The fraction of sp³-hybridized carbons (Fsp3) is 0.500. The number of rotatable bonds is 8. The average Bonchev–Trinajstić information content (AvgIpc) is 2.46. The Bertz CT molecular complexity index is 617. The molecule has 0 heterocycles. The third-order valence-electron chi connectivity index (χ3n) is 3.10. The number of carbonyl (C=O) groups is 1. The van der Waals surface area contributed by atoms with Gasteiger partial charge in [-0.05, 0) is 18.2 Å². The molecule has 1 amide bonds. The normalized spacial score (nSPS) is 12.7. The summed E-state index contributed by atoms with van der Waals surface area (Å²) < 4.78 is 28.3. The van der Waals surface area contributed by atoms with E-state index in [-0.39, 0.29) is 23.3 Å². The van der Waals surface area contributed by atoms with Crippen LogP contribution in [0.3, 0.4) is 0 Å². The molecule has 4 N–H and O–H groups in total. The van der Waals surface area contributed by atoms with Gasteiger partial charge in [-0.25, -0.2) is 8.42 Å². The number of nitrogens with two attached hydrogens (primary N) is 1. The van der Waals surface area contributed by atoms with Crippen LogP contribution in [-0.4, -0.2) is 47.4 Å². The number of ether oxygens (including phenoxy) is 1. The molecular weight excluding hydrogens is 306 g/mol. The Morgan fingerprint density at radius 2 is 2.05 bits per heavy atom. The van der Waals surface area contributed by atoms with Crippen LogP contribution in [0.2, 0.25) is 0 Å². The molecule has 1 aromatic rings. The van der Waals surface area contributed by atoms with Gasteiger partial charge < -0.3 is 21.1 Å². The maximum Gasteiger partial charge on any atom is 0.228 e. The summed E-state index contributed by atoms with van der Waals surface area (Å²) in [7, 11) is -1.77. The Morgan fingerprint density at radius 3 is 2.59 bits per heavy atom. The van der Waals surface area contributed by atoms with Crippen molar-refractivity contribution in [2.45, 2.75) is 11.8 Å². The molecular formula is C14H23N3O4S. The maximum absolute atomic E-state index is 12.0. The second-order valence-corrected chi connectivity index (χ2v) is 7.04. The van der Waals surface area contributed by atoms with Gasteiger partial charge in [-0.3, -0.25) is 4.79 Å². The van der Waals surface area contributed by atoms with Crippen molar-refractivity contribution in [3.8, 4) is 0 Å². The van der Waals surface area contributed by atoms with Gasteiger partial charge in [0.15, 0.2) is 9.84 Å². The molecule has 0 fully saturated rings. The second-order valence-electron chi connectivity index (χ2n) is 5.03. The molecule has 1 atom stereocenters. The lowest BCUT2D eigenvalue weighted by atomic mass is 10.1. The molecule has 0 spiro atoms. The zero-order valence-electron chi connectivity index (χ0n) is 13.0. The van der Waals surface area contributed by atoms with Crippen LogP contribution in [0.4, 0.5) is 11.4 Å². The molecule has 1 aromatic carbocycles. The molecule has 8 heteroatoms. The van der Waals surface area contributed by atoms with Crippen molar-refractivity contribution >= 4 is 27.1 Å². The van der Waals surface area contributed by atoms with Gasteiger partial charge in [-0.15, -0.1) is 0 Å². The number of sulfone groups is 1. The molecule has 0 radical (unpaired) electrons. The molecule has 124 valence electrons. The van der Waals surface area contributed by atoms with Crippen LogP contribution < -0.4 is 16.4 Å². The molecule has 0 bridgehead atoms. The van der Waals surface area contributed by atoms with E-state index in [1.807, 2.05) is 0 Å². The van der Waals surface area contributed by atoms with E-state index in [9.17, 15) is 13.2 Å². The third kappa shape index (κ3) is 5.28. The van der Waals surface area contributed by atoms with Gasteiger partial charge in [0.1, 0.15) is 0 Å². The summed E-state index contributed by atoms with van der Waals surface area (Å²) in [4.78, 5) is 12.1. The highest BCUT2D eigenvalue weighted by Crippen LogP contribution is 2.26. The summed E-state index contributed by atoms with van der Waals surface area (Å²) in [5.41, 5.74) is 6.51. The molecule has 1 rings (SSSR count). The van der Waals surface area contributed by atoms with Crippen LogP contribution in [0.1, 0.15) is 6.92 Å². The summed E-state index contributed by atoms with van der Waals surface area (Å²) in [5, 5.41) is 5.80. The Labute approximate surface area is 131 Å². The quantitative estimate of drug-likeness (QED) is 0.605. The van der Waals surface area contributed by atoms with Crippen molar-refractivity contribution in [1.82, 2.24) is 0 Å². The smallest absolute Gasteiger partial charge is 0.228 e. The number of carbonyl (C=O) groups excluding carboxylic acids is 1. The van der Waals surface area contributed by atoms with Crippen LogP contribution >= 0.6 is 0 Å². The van der Waals surface area contributed by atoms with Crippen molar-refractivity contribution in [1.29, 1.82) is 0 Å². The van der Waals surface area contributed by atoms with Gasteiger partial charge in [-0.2, -0.15) is 0 Å². The van der Waals surface area contributed by atoms with Crippen molar-refractivity contribution in [2.75, 3.05) is 43.7 Å². The first-order valence-electron chi connectivity index (χ1n) is 6.87. The van der Waals surface area contributed by atoms with Crippen LogP contribution in [0.5, 0.6) is 0 Å². The van der Waals surface area contributed by atoms with Crippen LogP contribution in [0.15, 0.2) is 23.1 Å². The molecule has 0 aliphatic carbocycles. The number of methoxy groups -OCH3 is 1. The first kappa shape index (κ1) is 18.4. The number of hydrogen-bond acceptors (Lipinski definition) is 6. The van der Waals surface area contributed by atoms with Crippen LogP contribution in [-0.2, 0) is 19.4 Å². The van der Waals surface area contributed by atoms with Crippen LogP contribution in [0, 0.1) is 5.92 Å². The Hall–Kier alpha value is -1.64. The predicted molar refractivity (Wildman–Crippen MR) is 86.8 cm³/mol. The SMILES string of the molecule is COCCNc1ccc(S(C)(=O)=O)cc1NC(=O)C(C)CN. The molecule has 0 aliphatic rings. The minimum Gasteiger partial charge on any atom is -0.383 e. The lowest BCUT2D eigenvalue weighted by molar-refractivity contribution is -0.119. The Balaban J connectivity index is 3.08. The highest BCUT2D eigenvalue weighted by Gasteiger charge is 2.16. The van der Waals surface area contributed by atoms with Crippen molar-refractivity contribution < 1.29 is 17.9 Å². The summed E-state index contributed by atoms with van der Waals surface area (Å²) in [6.45, 7) is 2.93. The first-order valence-corrected chi connectivity index (χ1v) is 8.76. The lowest BCUT2D eigenvalue weighted by Crippen LogP contribution is -2.27. The van der Waals surface area contributed by atoms with Gasteiger partial charge in [0.05, 0.1) is 22.9 Å². The maximum atomic E-state index is 12.0. The van der Waals surface area contributed by atoms with E-state index in [2.05, 4.69) is 10.6 Å². The lowest BCUT2D eigenvalue weighted by Gasteiger charge is -2.16. The second kappa shape index (κ2) is 8.11. The predicted octanol–water partition coefficient (Wildman–Crippen LogP) is 0.682. The molecule has 22 heavy (non-hydrogen) atoms. The summed E-state index contributed by atoms with van der Waals surface area (Å²) in [6.07, 6.45) is 1.12. The number of benzene rings is 1. The van der Waals surface area contributed by atoms with E-state index in [1.54, 1.807) is 20.1 Å². The van der Waals surface area contributed by atoms with Gasteiger partial charge in [0.25, 0.3) is 0 Å². The van der Waals surface area contributed by atoms with Gasteiger partial charge >= 0.3 is 0 Å². The van der Waals surface area contributed by atoms with Crippen molar-refractivity contribution in [2.24, 2.45) is 11.7 Å². The van der Waals surface area contributed by atoms with Gasteiger partial charge in [0, 0.05) is 32.4 Å². The minimum absolute atomic E-state index is 0.139. The molecule has 0 saturated heterocycles. The fourth-order valence-electron chi connectivity index (χ4n) is 1.66. The Kier molecular flexibility index (Phi) is 6.79. The van der Waals surface area contributed by atoms with E-state index in [1.165, 1.54) is 12.1 Å². The molecule has 0 aromatic heterocycles. The van der Waals surface area contributed by atoms with Gasteiger partial charge in [0.2, 0.25) is 5.91 Å². The van der Waals surface area contributed by atoms with E-state index < -0.39 is 9.84 Å². The molecule has 1 unspecified atom stereocenters. The highest BCUT2D eigenvalue weighted by molar-refractivity contribution is 7.90. The zero-order valence-corrected chi connectivity index (χ0v) is 13.9. The summed E-state index contributed by atoms with van der Waals surface area (Å²) in [6, 6.07) is 4.55. The number of nitrogens with one attached hydrogen (secondary N) is 2. The summed E-state index contributed by atoms with van der Waals surface area (Å²) >= 11 is 0. The zero-order chi connectivity index (χ0) is 16.8. The highest BCUT2D eigenvalue weighted by atomic mass is 32.2. The standard InChI is InChI=1S/C14H23N3O4S/c1-10(9-15)14(18)17-13-8-11(22(3,19)20)4-5-12(13)16-6-7-21-2/h4-5,8,10,16H,6-7,9,15H2,1-3H3,(H,17,18). The number of amides is 1. The van der Waals surface area contributed by atoms with E-state index >= 15 is 0 Å². The minimum atomic E-state index is -3.36. The fourth-order valence-corrected chi connectivity index (χ4v) is 2.31. The van der Waals surface area contributed by atoms with E-state index in [0.29, 0.717) is 24.5 Å². The third-order valence-corrected chi connectivity index (χ3v) is 4.21. The van der Waals surface area contributed by atoms with E-state index in [0.717, 1.165) is 6.26 Å². The number of hydrogen-bond donors (Lipinski definition) is 3. The van der Waals surface area contributed by atoms with Crippen LogP contribution in [0.25, 0.3) is 0 Å². The monoisotopic (exact) mass is 329 g/mol. The van der Waals surface area contributed by atoms with Crippen molar-refractivity contribution in [3.05, 3.63) is 18.2 Å². The van der Waals surface area contributed by atoms with Gasteiger partial charge in [-0.1, -0.05) is 6.92 Å². The Morgan fingerprint density at radius 1 is 1.36 bits per heavy atom. The molecule has 0 saturated carbocycles. The van der Waals surface area contributed by atoms with Crippen molar-refractivity contribution in [3.63, 3.8) is 0 Å². The topological polar surface area (TPSA) is 111 Å². The first-order chi connectivity index (χ1) is 10.3. The summed E-state index contributed by atoms with van der Waals surface area (Å²) in [5.74, 6) is -0.628.